The van der Waals surface area contributed by atoms with Gasteiger partial charge in [-0.3, -0.25) is 4.98 Å². The molecule has 4 nitrogen and oxygen atoms in total. The lowest BCUT2D eigenvalue weighted by Crippen LogP contribution is -2.24. The van der Waals surface area contributed by atoms with Crippen LogP contribution in [0.3, 0.4) is 0 Å². The van der Waals surface area contributed by atoms with Crippen LogP contribution in [0.4, 0.5) is 5.82 Å². The SMILES string of the molecule is CCNC(Cc1cccnc1N)c1ncccc1Cl. The van der Waals surface area contributed by atoms with E-state index in [1.165, 1.54) is 0 Å². The minimum absolute atomic E-state index is 0.0326. The van der Waals surface area contributed by atoms with Crippen molar-refractivity contribution in [3.8, 4) is 0 Å². The second-order valence-electron chi connectivity index (χ2n) is 4.23. The Bertz CT molecular complexity index is 544. The summed E-state index contributed by atoms with van der Waals surface area (Å²) >= 11 is 6.21. The molecule has 0 spiro atoms. The van der Waals surface area contributed by atoms with E-state index in [-0.39, 0.29) is 6.04 Å². The Labute approximate surface area is 118 Å². The van der Waals surface area contributed by atoms with Gasteiger partial charge in [-0.2, -0.15) is 0 Å². The van der Waals surface area contributed by atoms with Crippen molar-refractivity contribution in [3.05, 3.63) is 52.9 Å². The van der Waals surface area contributed by atoms with Crippen molar-refractivity contribution in [2.24, 2.45) is 0 Å². The summed E-state index contributed by atoms with van der Waals surface area (Å²) in [7, 11) is 0. The number of halogens is 1. The fourth-order valence-corrected chi connectivity index (χ4v) is 2.26. The molecule has 2 aromatic heterocycles. The molecular weight excluding hydrogens is 260 g/mol. The molecule has 19 heavy (non-hydrogen) atoms. The van der Waals surface area contributed by atoms with Crippen molar-refractivity contribution in [3.63, 3.8) is 0 Å². The van der Waals surface area contributed by atoms with Crippen LogP contribution in [0.5, 0.6) is 0 Å². The summed E-state index contributed by atoms with van der Waals surface area (Å²) in [4.78, 5) is 8.47. The highest BCUT2D eigenvalue weighted by Gasteiger charge is 2.17. The second-order valence-corrected chi connectivity index (χ2v) is 4.64. The lowest BCUT2D eigenvalue weighted by atomic mass is 10.0. The molecule has 0 aromatic carbocycles. The van der Waals surface area contributed by atoms with E-state index in [1.54, 1.807) is 12.4 Å². The molecule has 0 saturated heterocycles. The van der Waals surface area contributed by atoms with Gasteiger partial charge in [0.2, 0.25) is 0 Å². The van der Waals surface area contributed by atoms with E-state index in [0.717, 1.165) is 17.8 Å². The smallest absolute Gasteiger partial charge is 0.126 e. The van der Waals surface area contributed by atoms with Crippen LogP contribution in [-0.2, 0) is 6.42 Å². The predicted octanol–water partition coefficient (Wildman–Crippen LogP) is 2.61. The molecule has 0 aliphatic rings. The van der Waals surface area contributed by atoms with Crippen molar-refractivity contribution in [1.82, 2.24) is 15.3 Å². The van der Waals surface area contributed by atoms with Crippen LogP contribution in [0.2, 0.25) is 5.02 Å². The summed E-state index contributed by atoms with van der Waals surface area (Å²) in [5.74, 6) is 0.553. The number of nitrogens with two attached hydrogens (primary N) is 1. The molecule has 3 N–H and O–H groups in total. The zero-order chi connectivity index (χ0) is 13.7. The lowest BCUT2D eigenvalue weighted by Gasteiger charge is -2.19. The zero-order valence-electron chi connectivity index (χ0n) is 10.8. The van der Waals surface area contributed by atoms with E-state index in [4.69, 9.17) is 17.3 Å². The van der Waals surface area contributed by atoms with Crippen LogP contribution < -0.4 is 11.1 Å². The van der Waals surface area contributed by atoms with Gasteiger partial charge in [0.15, 0.2) is 0 Å². The first-order valence-corrected chi connectivity index (χ1v) is 6.63. The molecule has 0 fully saturated rings. The highest BCUT2D eigenvalue weighted by molar-refractivity contribution is 6.31. The molecule has 0 amide bonds. The fraction of sp³-hybridized carbons (Fsp3) is 0.286. The number of likely N-dealkylation sites (N-methyl/N-ethyl adjacent to an activating group) is 1. The minimum atomic E-state index is 0.0326. The molecule has 0 saturated carbocycles. The quantitative estimate of drug-likeness (QED) is 0.881. The van der Waals surface area contributed by atoms with Crippen LogP contribution in [-0.4, -0.2) is 16.5 Å². The normalized spacial score (nSPS) is 12.3. The third-order valence-electron chi connectivity index (χ3n) is 2.92. The van der Waals surface area contributed by atoms with E-state index in [9.17, 15) is 0 Å². The Balaban J connectivity index is 2.27. The second kappa shape index (κ2) is 6.50. The summed E-state index contributed by atoms with van der Waals surface area (Å²) < 4.78 is 0. The number of pyridine rings is 2. The van der Waals surface area contributed by atoms with E-state index >= 15 is 0 Å². The van der Waals surface area contributed by atoms with Gasteiger partial charge in [0.25, 0.3) is 0 Å². The number of nitrogen functional groups attached to an aromatic ring is 1. The number of hydrogen-bond acceptors (Lipinski definition) is 4. The number of anilines is 1. The maximum atomic E-state index is 6.21. The third-order valence-corrected chi connectivity index (χ3v) is 3.24. The summed E-state index contributed by atoms with van der Waals surface area (Å²) in [6.45, 7) is 2.88. The van der Waals surface area contributed by atoms with Crippen LogP contribution >= 0.6 is 11.6 Å². The van der Waals surface area contributed by atoms with Crippen molar-refractivity contribution < 1.29 is 0 Å². The maximum Gasteiger partial charge on any atom is 0.126 e. The lowest BCUT2D eigenvalue weighted by molar-refractivity contribution is 0.537. The molecule has 0 aliphatic heterocycles. The summed E-state index contributed by atoms with van der Waals surface area (Å²) in [5, 5.41) is 4.05. The van der Waals surface area contributed by atoms with E-state index in [1.807, 2.05) is 24.3 Å². The molecule has 2 heterocycles. The number of aromatic nitrogens is 2. The molecule has 5 heteroatoms. The van der Waals surface area contributed by atoms with Gasteiger partial charge in [0.05, 0.1) is 16.8 Å². The summed E-state index contributed by atoms with van der Waals surface area (Å²) in [5.41, 5.74) is 7.73. The van der Waals surface area contributed by atoms with Gasteiger partial charge in [-0.05, 0) is 36.7 Å². The number of nitrogens with one attached hydrogen (secondary N) is 1. The van der Waals surface area contributed by atoms with Crippen LogP contribution in [0.15, 0.2) is 36.7 Å². The van der Waals surface area contributed by atoms with Gasteiger partial charge in [-0.1, -0.05) is 24.6 Å². The van der Waals surface area contributed by atoms with Gasteiger partial charge in [0.1, 0.15) is 5.82 Å². The molecule has 2 aromatic rings. The Morgan fingerprint density at radius 3 is 2.68 bits per heavy atom. The van der Waals surface area contributed by atoms with Crippen LogP contribution in [0.1, 0.15) is 24.2 Å². The van der Waals surface area contributed by atoms with E-state index in [2.05, 4.69) is 22.2 Å². The zero-order valence-corrected chi connectivity index (χ0v) is 11.6. The minimum Gasteiger partial charge on any atom is -0.383 e. The molecule has 1 atom stereocenters. The maximum absolute atomic E-state index is 6.21. The standard InChI is InChI=1S/C14H17ClN4/c1-2-17-12(13-11(15)6-4-7-18-13)9-10-5-3-8-19-14(10)16/h3-8,12,17H,2,9H2,1H3,(H2,16,19). The highest BCUT2D eigenvalue weighted by atomic mass is 35.5. The van der Waals surface area contributed by atoms with Crippen molar-refractivity contribution >= 4 is 17.4 Å². The number of rotatable bonds is 5. The molecule has 0 aliphatic carbocycles. The van der Waals surface area contributed by atoms with Gasteiger partial charge < -0.3 is 11.1 Å². The van der Waals surface area contributed by atoms with Crippen molar-refractivity contribution in [2.45, 2.75) is 19.4 Å². The topological polar surface area (TPSA) is 63.8 Å². The molecule has 2 rings (SSSR count). The highest BCUT2D eigenvalue weighted by Crippen LogP contribution is 2.24. The van der Waals surface area contributed by atoms with E-state index in [0.29, 0.717) is 17.3 Å². The third kappa shape index (κ3) is 3.43. The van der Waals surface area contributed by atoms with Gasteiger partial charge in [0, 0.05) is 12.4 Å². The molecule has 1 unspecified atom stereocenters. The van der Waals surface area contributed by atoms with Crippen LogP contribution in [0, 0.1) is 0 Å². The fourth-order valence-electron chi connectivity index (χ4n) is 2.01. The first-order chi connectivity index (χ1) is 9.22. The molecule has 0 bridgehead atoms. The summed E-state index contributed by atoms with van der Waals surface area (Å²) in [6.07, 6.45) is 4.15. The average Bonchev–Trinajstić information content (AvgIpc) is 2.41. The van der Waals surface area contributed by atoms with E-state index < -0.39 is 0 Å². The van der Waals surface area contributed by atoms with Gasteiger partial charge in [-0.15, -0.1) is 0 Å². The van der Waals surface area contributed by atoms with Gasteiger partial charge >= 0.3 is 0 Å². The van der Waals surface area contributed by atoms with Gasteiger partial charge in [-0.25, -0.2) is 4.98 Å². The first-order valence-electron chi connectivity index (χ1n) is 6.25. The average molecular weight is 277 g/mol. The Morgan fingerprint density at radius 2 is 2.00 bits per heavy atom. The molecule has 0 radical (unpaired) electrons. The molecular formula is C14H17ClN4. The Kier molecular flexibility index (Phi) is 4.71. The number of nitrogens with zero attached hydrogens (tertiary/aromatic N) is 2. The largest absolute Gasteiger partial charge is 0.383 e. The van der Waals surface area contributed by atoms with Crippen molar-refractivity contribution in [2.75, 3.05) is 12.3 Å². The number of hydrogen-bond donors (Lipinski definition) is 2. The van der Waals surface area contributed by atoms with Crippen LogP contribution in [0.25, 0.3) is 0 Å². The molecule has 100 valence electrons. The predicted molar refractivity (Wildman–Crippen MR) is 78.0 cm³/mol. The first kappa shape index (κ1) is 13.8. The summed E-state index contributed by atoms with van der Waals surface area (Å²) in [6, 6.07) is 7.57. The van der Waals surface area contributed by atoms with Crippen molar-refractivity contribution in [1.29, 1.82) is 0 Å². The Morgan fingerprint density at radius 1 is 1.26 bits per heavy atom. The monoisotopic (exact) mass is 276 g/mol. The Hall–Kier alpha value is -1.65.